The Morgan fingerprint density at radius 1 is 1.19 bits per heavy atom. The molecule has 2 fully saturated rings. The number of ether oxygens (including phenoxy) is 1. The maximum Gasteiger partial charge on any atom is 0.164 e. The minimum atomic E-state index is -0.386. The summed E-state index contributed by atoms with van der Waals surface area (Å²) in [7, 11) is 0. The number of hydrogen-bond donors (Lipinski definition) is 0. The van der Waals surface area contributed by atoms with E-state index in [4.69, 9.17) is 4.74 Å². The van der Waals surface area contributed by atoms with Crippen molar-refractivity contribution in [1.29, 1.82) is 0 Å². The molecule has 16 heavy (non-hydrogen) atoms. The summed E-state index contributed by atoms with van der Waals surface area (Å²) in [6.45, 7) is 2.68. The second kappa shape index (κ2) is 5.31. The van der Waals surface area contributed by atoms with Crippen LogP contribution in [0.4, 0.5) is 0 Å². The van der Waals surface area contributed by atoms with Crippen LogP contribution in [0.25, 0.3) is 0 Å². The smallest absolute Gasteiger partial charge is 0.164 e. The van der Waals surface area contributed by atoms with Gasteiger partial charge in [-0.25, -0.2) is 0 Å². The van der Waals surface area contributed by atoms with Gasteiger partial charge in [0.25, 0.3) is 0 Å². The molecule has 0 unspecified atom stereocenters. The zero-order valence-electron chi connectivity index (χ0n) is 10.5. The Hall–Kier alpha value is -0.370. The second-order valence-electron chi connectivity index (χ2n) is 5.41. The van der Waals surface area contributed by atoms with Gasteiger partial charge < -0.3 is 4.74 Å². The summed E-state index contributed by atoms with van der Waals surface area (Å²) in [4.78, 5) is 12.4. The van der Waals surface area contributed by atoms with E-state index >= 15 is 0 Å². The molecule has 0 heterocycles. The Morgan fingerprint density at radius 3 is 2.38 bits per heavy atom. The highest BCUT2D eigenvalue weighted by atomic mass is 16.5. The van der Waals surface area contributed by atoms with E-state index in [1.165, 1.54) is 25.7 Å². The van der Waals surface area contributed by atoms with E-state index in [-0.39, 0.29) is 5.60 Å². The predicted molar refractivity (Wildman–Crippen MR) is 64.4 cm³/mol. The third-order valence-electron chi connectivity index (χ3n) is 4.29. The lowest BCUT2D eigenvalue weighted by atomic mass is 9.74. The van der Waals surface area contributed by atoms with Gasteiger partial charge in [-0.1, -0.05) is 38.5 Å². The fourth-order valence-corrected chi connectivity index (χ4v) is 3.05. The van der Waals surface area contributed by atoms with Crippen LogP contribution in [0.1, 0.15) is 64.7 Å². The first-order chi connectivity index (χ1) is 7.77. The molecule has 0 spiro atoms. The molecule has 2 heteroatoms. The van der Waals surface area contributed by atoms with Gasteiger partial charge in [-0.2, -0.15) is 0 Å². The van der Waals surface area contributed by atoms with Crippen LogP contribution in [0.2, 0.25) is 0 Å². The summed E-state index contributed by atoms with van der Waals surface area (Å²) in [5.41, 5.74) is -0.386. The molecule has 0 amide bonds. The number of hydrogen-bond acceptors (Lipinski definition) is 2. The van der Waals surface area contributed by atoms with Crippen LogP contribution >= 0.6 is 0 Å². The van der Waals surface area contributed by atoms with Crippen LogP contribution in [-0.4, -0.2) is 18.0 Å². The second-order valence-corrected chi connectivity index (χ2v) is 5.41. The lowest BCUT2D eigenvalue weighted by molar-refractivity contribution is -0.150. The Morgan fingerprint density at radius 2 is 1.88 bits per heavy atom. The molecule has 0 aliphatic heterocycles. The number of carbonyl (C=O) groups is 1. The summed E-state index contributed by atoms with van der Waals surface area (Å²) in [5, 5.41) is 0. The average molecular weight is 224 g/mol. The molecule has 0 aromatic rings. The summed E-state index contributed by atoms with van der Waals surface area (Å²) < 4.78 is 5.85. The molecule has 0 radical (unpaired) electrons. The third kappa shape index (κ3) is 2.48. The molecule has 0 atom stereocenters. The van der Waals surface area contributed by atoms with Gasteiger partial charge in [0.1, 0.15) is 5.60 Å². The lowest BCUT2D eigenvalue weighted by Gasteiger charge is -2.37. The minimum Gasteiger partial charge on any atom is -0.368 e. The largest absolute Gasteiger partial charge is 0.368 e. The van der Waals surface area contributed by atoms with Gasteiger partial charge in [0, 0.05) is 13.0 Å². The molecule has 0 N–H and O–H groups in total. The lowest BCUT2D eigenvalue weighted by Crippen LogP contribution is -2.44. The van der Waals surface area contributed by atoms with Gasteiger partial charge in [0.15, 0.2) is 5.78 Å². The Labute approximate surface area is 98.7 Å². The first-order valence-electron chi connectivity index (χ1n) is 6.94. The van der Waals surface area contributed by atoms with Gasteiger partial charge in [0.05, 0.1) is 0 Å². The average Bonchev–Trinajstić information content (AvgIpc) is 2.25. The van der Waals surface area contributed by atoms with Crippen molar-refractivity contribution < 1.29 is 9.53 Å². The summed E-state index contributed by atoms with van der Waals surface area (Å²) in [6.07, 6.45) is 10.1. The highest BCUT2D eigenvalue weighted by Crippen LogP contribution is 2.37. The van der Waals surface area contributed by atoms with Crippen molar-refractivity contribution >= 4 is 5.78 Å². The van der Waals surface area contributed by atoms with Crippen molar-refractivity contribution in [3.63, 3.8) is 0 Å². The zero-order valence-corrected chi connectivity index (χ0v) is 10.5. The van der Waals surface area contributed by atoms with E-state index in [2.05, 4.69) is 0 Å². The fraction of sp³-hybridized carbons (Fsp3) is 0.929. The van der Waals surface area contributed by atoms with E-state index in [1.54, 1.807) is 0 Å². The molecule has 0 bridgehead atoms. The molecule has 2 rings (SSSR count). The monoisotopic (exact) mass is 224 g/mol. The predicted octanol–water partition coefficient (Wildman–Crippen LogP) is 3.49. The van der Waals surface area contributed by atoms with Crippen molar-refractivity contribution in [3.8, 4) is 0 Å². The van der Waals surface area contributed by atoms with Crippen molar-refractivity contribution in [1.82, 2.24) is 0 Å². The third-order valence-corrected chi connectivity index (χ3v) is 4.29. The van der Waals surface area contributed by atoms with Gasteiger partial charge in [-0.3, -0.25) is 4.79 Å². The topological polar surface area (TPSA) is 26.3 Å². The molecule has 2 aliphatic rings. The molecular weight excluding hydrogens is 200 g/mol. The van der Waals surface area contributed by atoms with E-state index in [1.807, 2.05) is 6.92 Å². The molecule has 0 aromatic heterocycles. The number of Topliss-reactive ketones (excluding diaryl/α,β-unsaturated/α-hetero) is 1. The van der Waals surface area contributed by atoms with E-state index in [9.17, 15) is 4.79 Å². The van der Waals surface area contributed by atoms with Crippen LogP contribution in [0, 0.1) is 5.92 Å². The Balaban J connectivity index is 1.95. The fourth-order valence-electron chi connectivity index (χ4n) is 3.05. The van der Waals surface area contributed by atoms with Gasteiger partial charge >= 0.3 is 0 Å². The Bertz CT molecular complexity index is 232. The maximum atomic E-state index is 12.4. The van der Waals surface area contributed by atoms with Gasteiger partial charge in [0.2, 0.25) is 0 Å². The van der Waals surface area contributed by atoms with Crippen LogP contribution in [0.5, 0.6) is 0 Å². The molecular formula is C14H24O2. The van der Waals surface area contributed by atoms with Crippen LogP contribution in [-0.2, 0) is 9.53 Å². The van der Waals surface area contributed by atoms with Crippen LogP contribution in [0.15, 0.2) is 0 Å². The van der Waals surface area contributed by atoms with Gasteiger partial charge in [-0.15, -0.1) is 0 Å². The zero-order chi connectivity index (χ0) is 11.4. The maximum absolute atomic E-state index is 12.4. The standard InChI is InChI=1S/C14H24O2/c1-2-16-14(9-4-3-5-10-14)13(15)11-12-7-6-8-12/h12H,2-11H2,1H3. The summed E-state index contributed by atoms with van der Waals surface area (Å²) in [6, 6.07) is 0. The minimum absolute atomic E-state index is 0.386. The highest BCUT2D eigenvalue weighted by Gasteiger charge is 2.40. The quantitative estimate of drug-likeness (QED) is 0.714. The van der Waals surface area contributed by atoms with Crippen LogP contribution < -0.4 is 0 Å². The molecule has 2 nitrogen and oxygen atoms in total. The first-order valence-corrected chi connectivity index (χ1v) is 6.94. The molecule has 0 saturated heterocycles. The van der Waals surface area contributed by atoms with Crippen LogP contribution in [0.3, 0.4) is 0 Å². The number of carbonyl (C=O) groups excluding carboxylic acids is 1. The first kappa shape index (κ1) is 12.1. The number of rotatable bonds is 5. The molecule has 92 valence electrons. The van der Waals surface area contributed by atoms with Crippen molar-refractivity contribution in [2.45, 2.75) is 70.3 Å². The molecule has 0 aromatic carbocycles. The summed E-state index contributed by atoms with van der Waals surface area (Å²) >= 11 is 0. The summed E-state index contributed by atoms with van der Waals surface area (Å²) in [5.74, 6) is 1.07. The highest BCUT2D eigenvalue weighted by molar-refractivity contribution is 5.87. The molecule has 2 aliphatic carbocycles. The van der Waals surface area contributed by atoms with Crippen molar-refractivity contribution in [2.24, 2.45) is 5.92 Å². The normalized spacial score (nSPS) is 25.1. The van der Waals surface area contributed by atoms with Crippen molar-refractivity contribution in [2.75, 3.05) is 6.61 Å². The van der Waals surface area contributed by atoms with E-state index in [0.717, 1.165) is 32.1 Å². The van der Waals surface area contributed by atoms with Crippen molar-refractivity contribution in [3.05, 3.63) is 0 Å². The van der Waals surface area contributed by atoms with E-state index in [0.29, 0.717) is 18.3 Å². The Kier molecular flexibility index (Phi) is 4.01. The SMILES string of the molecule is CCOC1(C(=O)CC2CCC2)CCCCC1. The van der Waals surface area contributed by atoms with Gasteiger partial charge in [-0.05, 0) is 25.7 Å². The number of ketones is 1. The molecule has 2 saturated carbocycles. The van der Waals surface area contributed by atoms with E-state index < -0.39 is 0 Å².